The molecule has 7 heteroatoms. The summed E-state index contributed by atoms with van der Waals surface area (Å²) in [5, 5.41) is 0.834. The fourth-order valence-electron chi connectivity index (χ4n) is 2.54. The number of hydrogen-bond donors (Lipinski definition) is 1. The van der Waals surface area contributed by atoms with Gasteiger partial charge in [0, 0.05) is 16.8 Å². The molecule has 0 spiro atoms. The van der Waals surface area contributed by atoms with E-state index in [2.05, 4.69) is 4.98 Å². The lowest BCUT2D eigenvalue weighted by molar-refractivity contribution is -0.137. The number of ether oxygens (including phenoxy) is 2. The molecular formula is C16H12F3NO3. The number of alkyl halides is 3. The zero-order valence-corrected chi connectivity index (χ0v) is 12.2. The second kappa shape index (κ2) is 5.19. The van der Waals surface area contributed by atoms with Gasteiger partial charge in [-0.1, -0.05) is 0 Å². The maximum Gasteiger partial charge on any atom is 0.416 e. The highest BCUT2D eigenvalue weighted by Gasteiger charge is 2.30. The van der Waals surface area contributed by atoms with Gasteiger partial charge in [-0.15, -0.1) is 0 Å². The van der Waals surface area contributed by atoms with Crippen molar-refractivity contribution in [1.29, 1.82) is 0 Å². The Labute approximate surface area is 128 Å². The Morgan fingerprint density at radius 1 is 0.913 bits per heavy atom. The van der Waals surface area contributed by atoms with Crippen molar-refractivity contribution >= 4 is 21.7 Å². The monoisotopic (exact) mass is 323 g/mol. The first kappa shape index (κ1) is 15.2. The van der Waals surface area contributed by atoms with Crippen molar-refractivity contribution in [1.82, 2.24) is 4.98 Å². The Hall–Kier alpha value is -2.70. The Balaban J connectivity index is 2.46. The van der Waals surface area contributed by atoms with Crippen LogP contribution in [0.15, 0.2) is 35.1 Å². The summed E-state index contributed by atoms with van der Waals surface area (Å²) < 4.78 is 49.2. The van der Waals surface area contributed by atoms with Gasteiger partial charge in [0.25, 0.3) is 5.56 Å². The van der Waals surface area contributed by atoms with E-state index < -0.39 is 17.3 Å². The molecule has 0 unspecified atom stereocenters. The van der Waals surface area contributed by atoms with Crippen LogP contribution in [0.1, 0.15) is 5.56 Å². The molecule has 0 radical (unpaired) electrons. The molecule has 0 bridgehead atoms. The lowest BCUT2D eigenvalue weighted by atomic mass is 10.0. The highest BCUT2D eigenvalue weighted by atomic mass is 19.4. The highest BCUT2D eigenvalue weighted by Crippen LogP contribution is 2.36. The number of aromatic amines is 1. The van der Waals surface area contributed by atoms with Gasteiger partial charge in [0.15, 0.2) is 11.5 Å². The minimum atomic E-state index is -4.49. The van der Waals surface area contributed by atoms with Crippen molar-refractivity contribution in [2.45, 2.75) is 6.18 Å². The van der Waals surface area contributed by atoms with Crippen LogP contribution < -0.4 is 15.0 Å². The van der Waals surface area contributed by atoms with E-state index in [0.717, 1.165) is 12.1 Å². The molecule has 1 aromatic heterocycles. The number of nitrogens with one attached hydrogen (secondary N) is 1. The van der Waals surface area contributed by atoms with Crippen molar-refractivity contribution in [2.24, 2.45) is 0 Å². The zero-order valence-electron chi connectivity index (χ0n) is 12.2. The fraction of sp³-hybridized carbons (Fsp3) is 0.188. The maximum absolute atomic E-state index is 12.9. The molecule has 0 aliphatic carbocycles. The van der Waals surface area contributed by atoms with E-state index >= 15 is 0 Å². The molecule has 1 N–H and O–H groups in total. The van der Waals surface area contributed by atoms with Crippen molar-refractivity contribution in [3.05, 3.63) is 46.2 Å². The average Bonchev–Trinajstić information content (AvgIpc) is 2.52. The van der Waals surface area contributed by atoms with E-state index in [9.17, 15) is 18.0 Å². The topological polar surface area (TPSA) is 51.3 Å². The molecule has 23 heavy (non-hydrogen) atoms. The lowest BCUT2D eigenvalue weighted by Gasteiger charge is -2.12. The largest absolute Gasteiger partial charge is 0.493 e. The summed E-state index contributed by atoms with van der Waals surface area (Å²) in [6, 6.07) is 6.11. The summed E-state index contributed by atoms with van der Waals surface area (Å²) in [5.41, 5.74) is -0.903. The van der Waals surface area contributed by atoms with Gasteiger partial charge < -0.3 is 14.5 Å². The van der Waals surface area contributed by atoms with Crippen LogP contribution in [0.25, 0.3) is 21.7 Å². The molecule has 0 amide bonds. The number of fused-ring (bicyclic) bond motifs is 3. The van der Waals surface area contributed by atoms with Gasteiger partial charge in [0.05, 0.1) is 25.3 Å². The Kier molecular flexibility index (Phi) is 3.43. The summed E-state index contributed by atoms with van der Waals surface area (Å²) in [7, 11) is 2.86. The number of hydrogen-bond acceptors (Lipinski definition) is 3. The normalized spacial score (nSPS) is 11.9. The summed E-state index contributed by atoms with van der Waals surface area (Å²) in [4.78, 5) is 14.7. The molecule has 0 saturated heterocycles. The quantitative estimate of drug-likeness (QED) is 0.731. The zero-order chi connectivity index (χ0) is 16.8. The van der Waals surface area contributed by atoms with Crippen molar-refractivity contribution in [3.63, 3.8) is 0 Å². The summed E-state index contributed by atoms with van der Waals surface area (Å²) >= 11 is 0. The predicted octanol–water partition coefficient (Wildman–Crippen LogP) is 3.72. The van der Waals surface area contributed by atoms with Crippen LogP contribution in [0.4, 0.5) is 13.2 Å². The number of pyridine rings is 1. The van der Waals surface area contributed by atoms with E-state index in [-0.39, 0.29) is 10.8 Å². The van der Waals surface area contributed by atoms with Gasteiger partial charge in [-0.3, -0.25) is 4.79 Å². The minimum Gasteiger partial charge on any atom is -0.493 e. The van der Waals surface area contributed by atoms with Crippen LogP contribution >= 0.6 is 0 Å². The van der Waals surface area contributed by atoms with Gasteiger partial charge >= 0.3 is 6.18 Å². The van der Waals surface area contributed by atoms with Crippen molar-refractivity contribution in [3.8, 4) is 11.5 Å². The Bertz CT molecular complexity index is 961. The van der Waals surface area contributed by atoms with E-state index in [1.54, 1.807) is 6.07 Å². The average molecular weight is 323 g/mol. The SMILES string of the molecule is COc1cc2[nH]c(=O)c3ccc(C(F)(F)F)cc3c2cc1OC. The molecule has 1 heterocycles. The first-order valence-electron chi connectivity index (χ1n) is 6.64. The molecule has 120 valence electrons. The molecule has 0 saturated carbocycles. The lowest BCUT2D eigenvalue weighted by Crippen LogP contribution is -2.09. The molecule has 2 aromatic carbocycles. The molecule has 4 nitrogen and oxygen atoms in total. The van der Waals surface area contributed by atoms with Gasteiger partial charge in [0.1, 0.15) is 0 Å². The van der Waals surface area contributed by atoms with E-state index in [0.29, 0.717) is 22.4 Å². The van der Waals surface area contributed by atoms with E-state index in [4.69, 9.17) is 9.47 Å². The van der Waals surface area contributed by atoms with E-state index in [1.807, 2.05) is 0 Å². The standard InChI is InChI=1S/C16H12F3NO3/c1-22-13-6-11-10-5-8(16(17,18)19)3-4-9(10)15(21)20-12(11)7-14(13)23-2/h3-7H,1-2H3,(H,20,21). The summed E-state index contributed by atoms with van der Waals surface area (Å²) in [6.45, 7) is 0. The van der Waals surface area contributed by atoms with Gasteiger partial charge in [-0.05, 0) is 29.7 Å². The third kappa shape index (κ3) is 2.48. The molecular weight excluding hydrogens is 311 g/mol. The molecule has 0 fully saturated rings. The number of H-pyrrole nitrogens is 1. The van der Waals surface area contributed by atoms with Crippen LogP contribution in [0, 0.1) is 0 Å². The van der Waals surface area contributed by atoms with Gasteiger partial charge in [-0.25, -0.2) is 0 Å². The molecule has 3 rings (SSSR count). The van der Waals surface area contributed by atoms with Gasteiger partial charge in [-0.2, -0.15) is 13.2 Å². The Morgan fingerprint density at radius 3 is 2.17 bits per heavy atom. The Morgan fingerprint density at radius 2 is 1.57 bits per heavy atom. The number of benzene rings is 2. The first-order valence-corrected chi connectivity index (χ1v) is 6.64. The van der Waals surface area contributed by atoms with E-state index in [1.165, 1.54) is 26.4 Å². The minimum absolute atomic E-state index is 0.178. The third-order valence-corrected chi connectivity index (χ3v) is 3.65. The van der Waals surface area contributed by atoms with Crippen molar-refractivity contribution < 1.29 is 22.6 Å². The molecule has 3 aromatic rings. The predicted molar refractivity (Wildman–Crippen MR) is 80.2 cm³/mol. The fourth-order valence-corrected chi connectivity index (χ4v) is 2.54. The summed E-state index contributed by atoms with van der Waals surface area (Å²) in [6.07, 6.45) is -4.49. The molecule has 0 aliphatic rings. The van der Waals surface area contributed by atoms with Crippen LogP contribution in [-0.2, 0) is 6.18 Å². The molecule has 0 aliphatic heterocycles. The van der Waals surface area contributed by atoms with Crippen LogP contribution in [-0.4, -0.2) is 19.2 Å². The smallest absolute Gasteiger partial charge is 0.416 e. The van der Waals surface area contributed by atoms with Gasteiger partial charge in [0.2, 0.25) is 0 Å². The number of halogens is 3. The van der Waals surface area contributed by atoms with Crippen molar-refractivity contribution in [2.75, 3.05) is 14.2 Å². The second-order valence-corrected chi connectivity index (χ2v) is 4.97. The first-order chi connectivity index (χ1) is 10.8. The number of rotatable bonds is 2. The van der Waals surface area contributed by atoms with Crippen LogP contribution in [0.5, 0.6) is 11.5 Å². The second-order valence-electron chi connectivity index (χ2n) is 4.97. The number of aromatic nitrogens is 1. The summed E-state index contributed by atoms with van der Waals surface area (Å²) in [5.74, 6) is 0.743. The third-order valence-electron chi connectivity index (χ3n) is 3.65. The number of methoxy groups -OCH3 is 2. The van der Waals surface area contributed by atoms with Crippen LogP contribution in [0.2, 0.25) is 0 Å². The molecule has 0 atom stereocenters. The van der Waals surface area contributed by atoms with Crippen LogP contribution in [0.3, 0.4) is 0 Å². The highest BCUT2D eigenvalue weighted by molar-refractivity contribution is 6.06. The maximum atomic E-state index is 12.9.